The van der Waals surface area contributed by atoms with E-state index in [1.165, 1.54) is 5.56 Å². The van der Waals surface area contributed by atoms with Gasteiger partial charge in [-0.15, -0.1) is 0 Å². The highest BCUT2D eigenvalue weighted by Crippen LogP contribution is 2.28. The predicted octanol–water partition coefficient (Wildman–Crippen LogP) is 3.50. The van der Waals surface area contributed by atoms with Crippen molar-refractivity contribution in [3.63, 3.8) is 0 Å². The van der Waals surface area contributed by atoms with Gasteiger partial charge in [0.1, 0.15) is 0 Å². The minimum absolute atomic E-state index is 0.0282. The smallest absolute Gasteiger partial charge is 0.306 e. The molecule has 1 aromatic rings. The van der Waals surface area contributed by atoms with Crippen LogP contribution in [0.5, 0.6) is 0 Å². The highest BCUT2D eigenvalue weighted by Gasteiger charge is 2.27. The topological polar surface area (TPSA) is 66.4 Å². The molecule has 0 unspecified atom stereocenters. The molecule has 0 atom stereocenters. The minimum atomic E-state index is -0.709. The number of carbonyl (C=O) groups excluding carboxylic acids is 1. The van der Waals surface area contributed by atoms with Crippen LogP contribution >= 0.6 is 0 Å². The molecule has 23 heavy (non-hydrogen) atoms. The number of hydrogen-bond acceptors (Lipinski definition) is 2. The van der Waals surface area contributed by atoms with E-state index in [0.29, 0.717) is 19.3 Å². The lowest BCUT2D eigenvalue weighted by atomic mass is 9.80. The molecule has 1 aliphatic carbocycles. The summed E-state index contributed by atoms with van der Waals surface area (Å²) in [7, 11) is 0. The monoisotopic (exact) mass is 317 g/mol. The molecular formula is C19H27NO3. The number of carboxylic acid groups (broad SMARTS) is 1. The van der Waals surface area contributed by atoms with Crippen LogP contribution < -0.4 is 5.32 Å². The number of hydrogen-bond donors (Lipinski definition) is 2. The second kappa shape index (κ2) is 7.62. The predicted molar refractivity (Wildman–Crippen MR) is 90.2 cm³/mol. The number of amides is 1. The Morgan fingerprint density at radius 1 is 1.13 bits per heavy atom. The average molecular weight is 317 g/mol. The van der Waals surface area contributed by atoms with Crippen LogP contribution in [-0.4, -0.2) is 23.0 Å². The van der Waals surface area contributed by atoms with Crippen LogP contribution in [0.4, 0.5) is 0 Å². The highest BCUT2D eigenvalue weighted by molar-refractivity contribution is 5.76. The van der Waals surface area contributed by atoms with Crippen LogP contribution in [0.25, 0.3) is 0 Å². The van der Waals surface area contributed by atoms with Crippen LogP contribution in [-0.2, 0) is 15.0 Å². The molecule has 1 fully saturated rings. The molecule has 1 aromatic carbocycles. The zero-order valence-corrected chi connectivity index (χ0v) is 14.0. The highest BCUT2D eigenvalue weighted by atomic mass is 16.4. The van der Waals surface area contributed by atoms with Gasteiger partial charge in [0.15, 0.2) is 0 Å². The largest absolute Gasteiger partial charge is 0.481 e. The molecule has 0 aromatic heterocycles. The molecule has 0 aliphatic heterocycles. The molecular weight excluding hydrogens is 290 g/mol. The summed E-state index contributed by atoms with van der Waals surface area (Å²) in [5, 5.41) is 12.1. The van der Waals surface area contributed by atoms with Gasteiger partial charge in [-0.3, -0.25) is 9.59 Å². The Balaban J connectivity index is 1.76. The summed E-state index contributed by atoms with van der Waals surface area (Å²) in [6.45, 7) is 4.32. The lowest BCUT2D eigenvalue weighted by Gasteiger charge is -2.28. The molecule has 1 aliphatic rings. The summed E-state index contributed by atoms with van der Waals surface area (Å²) in [6, 6.07) is 10.4. The van der Waals surface area contributed by atoms with Crippen LogP contribution in [0.2, 0.25) is 0 Å². The number of rotatable bonds is 6. The van der Waals surface area contributed by atoms with Crippen molar-refractivity contribution >= 4 is 11.9 Å². The molecule has 4 heteroatoms. The first-order valence-corrected chi connectivity index (χ1v) is 8.46. The fourth-order valence-corrected chi connectivity index (χ4v) is 3.24. The zero-order chi connectivity index (χ0) is 16.9. The normalized spacial score (nSPS) is 21.7. The molecule has 1 saturated carbocycles. The van der Waals surface area contributed by atoms with Crippen molar-refractivity contribution in [2.45, 2.75) is 63.8 Å². The molecule has 1 amide bonds. The van der Waals surface area contributed by atoms with Crippen LogP contribution in [0.3, 0.4) is 0 Å². The van der Waals surface area contributed by atoms with Crippen LogP contribution in [0.1, 0.15) is 57.9 Å². The van der Waals surface area contributed by atoms with Crippen molar-refractivity contribution in [2.24, 2.45) is 5.92 Å². The summed E-state index contributed by atoms with van der Waals surface area (Å²) in [4.78, 5) is 23.1. The van der Waals surface area contributed by atoms with Crippen molar-refractivity contribution in [1.29, 1.82) is 0 Å². The van der Waals surface area contributed by atoms with Gasteiger partial charge in [0.05, 0.1) is 5.92 Å². The van der Waals surface area contributed by atoms with Gasteiger partial charge in [-0.2, -0.15) is 0 Å². The van der Waals surface area contributed by atoms with E-state index >= 15 is 0 Å². The number of carbonyl (C=O) groups is 2. The first-order valence-electron chi connectivity index (χ1n) is 8.46. The van der Waals surface area contributed by atoms with Gasteiger partial charge in [-0.25, -0.2) is 0 Å². The van der Waals surface area contributed by atoms with Gasteiger partial charge in [0, 0.05) is 12.5 Å². The van der Waals surface area contributed by atoms with Crippen molar-refractivity contribution in [1.82, 2.24) is 5.32 Å². The van der Waals surface area contributed by atoms with Crippen LogP contribution in [0.15, 0.2) is 30.3 Å². The quantitative estimate of drug-likeness (QED) is 0.844. The van der Waals surface area contributed by atoms with Gasteiger partial charge >= 0.3 is 5.97 Å². The van der Waals surface area contributed by atoms with E-state index in [1.54, 1.807) is 0 Å². The molecule has 4 nitrogen and oxygen atoms in total. The first kappa shape index (κ1) is 17.5. The lowest BCUT2D eigenvalue weighted by molar-refractivity contribution is -0.142. The van der Waals surface area contributed by atoms with Gasteiger partial charge in [-0.1, -0.05) is 44.2 Å². The van der Waals surface area contributed by atoms with E-state index < -0.39 is 5.97 Å². The number of carboxylic acids is 1. The number of benzene rings is 1. The third-order valence-corrected chi connectivity index (χ3v) is 4.97. The molecule has 2 rings (SSSR count). The van der Waals surface area contributed by atoms with Gasteiger partial charge < -0.3 is 10.4 Å². The molecule has 0 spiro atoms. The average Bonchev–Trinajstić information content (AvgIpc) is 2.54. The Morgan fingerprint density at radius 2 is 1.74 bits per heavy atom. The van der Waals surface area contributed by atoms with Crippen LogP contribution in [0, 0.1) is 5.92 Å². The standard InChI is InChI=1S/C19H27NO3/c1-19(2,15-6-4-3-5-7-15)13-12-17(21)20-16-10-8-14(9-11-16)18(22)23/h3-7,14,16H,8-13H2,1-2H3,(H,20,21)(H,22,23). The second-order valence-corrected chi connectivity index (χ2v) is 7.20. The van der Waals surface area contributed by atoms with E-state index in [0.717, 1.165) is 19.3 Å². The second-order valence-electron chi connectivity index (χ2n) is 7.20. The summed E-state index contributed by atoms with van der Waals surface area (Å²) >= 11 is 0. The maximum atomic E-state index is 12.2. The van der Waals surface area contributed by atoms with E-state index in [4.69, 9.17) is 5.11 Å². The van der Waals surface area contributed by atoms with Crippen molar-refractivity contribution < 1.29 is 14.7 Å². The third-order valence-electron chi connectivity index (χ3n) is 4.97. The Kier molecular flexibility index (Phi) is 5.80. The van der Waals surface area contributed by atoms with Crippen molar-refractivity contribution in [2.75, 3.05) is 0 Å². The molecule has 0 heterocycles. The summed E-state index contributed by atoms with van der Waals surface area (Å²) in [5.74, 6) is -0.868. The van der Waals surface area contributed by atoms with E-state index in [2.05, 4.69) is 31.3 Å². The molecule has 0 radical (unpaired) electrons. The SMILES string of the molecule is CC(C)(CCC(=O)NC1CCC(C(=O)O)CC1)c1ccccc1. The van der Waals surface area contributed by atoms with E-state index in [1.807, 2.05) is 18.2 Å². The molecule has 126 valence electrons. The van der Waals surface area contributed by atoms with E-state index in [-0.39, 0.29) is 23.3 Å². The Labute approximate surface area is 138 Å². The first-order chi connectivity index (χ1) is 10.9. The third kappa shape index (κ3) is 5.08. The fraction of sp³-hybridized carbons (Fsp3) is 0.579. The summed E-state index contributed by atoms with van der Waals surface area (Å²) in [6.07, 6.45) is 4.16. The van der Waals surface area contributed by atoms with Crippen molar-refractivity contribution in [3.8, 4) is 0 Å². The lowest BCUT2D eigenvalue weighted by Crippen LogP contribution is -2.39. The Hall–Kier alpha value is -1.84. The van der Waals surface area contributed by atoms with Gasteiger partial charge in [-0.05, 0) is 43.1 Å². The van der Waals surface area contributed by atoms with Crippen molar-refractivity contribution in [3.05, 3.63) is 35.9 Å². The van der Waals surface area contributed by atoms with E-state index in [9.17, 15) is 9.59 Å². The molecule has 0 bridgehead atoms. The summed E-state index contributed by atoms with van der Waals surface area (Å²) < 4.78 is 0. The van der Waals surface area contributed by atoms with Gasteiger partial charge in [0.2, 0.25) is 5.91 Å². The summed E-state index contributed by atoms with van der Waals surface area (Å²) in [5.41, 5.74) is 1.22. The van der Waals surface area contributed by atoms with Gasteiger partial charge in [0.25, 0.3) is 0 Å². The fourth-order valence-electron chi connectivity index (χ4n) is 3.24. The minimum Gasteiger partial charge on any atom is -0.481 e. The zero-order valence-electron chi connectivity index (χ0n) is 14.0. The number of aliphatic carboxylic acids is 1. The Bertz CT molecular complexity index is 531. The maximum Gasteiger partial charge on any atom is 0.306 e. The molecule has 0 saturated heterocycles. The Morgan fingerprint density at radius 3 is 2.30 bits per heavy atom. The number of nitrogens with one attached hydrogen (secondary N) is 1. The maximum absolute atomic E-state index is 12.2. The molecule has 2 N–H and O–H groups in total.